The Balaban J connectivity index is 2.37. The Hall–Kier alpha value is -1.50. The molecule has 1 fully saturated rings. The molecule has 1 aliphatic rings. The molecule has 1 amide bonds. The van der Waals surface area contributed by atoms with E-state index in [1.807, 2.05) is 0 Å². The van der Waals surface area contributed by atoms with E-state index < -0.39 is 0 Å². The van der Waals surface area contributed by atoms with E-state index in [4.69, 9.17) is 28.6 Å². The number of thiocarbonyl (C=S) groups is 1. The molecule has 21 heavy (non-hydrogen) atoms. The Kier molecular flexibility index (Phi) is 4.92. The molecule has 0 saturated carbocycles. The average molecular weight is 342 g/mol. The summed E-state index contributed by atoms with van der Waals surface area (Å²) in [5, 5.41) is 9.85. The molecule has 0 unspecified atom stereocenters. The summed E-state index contributed by atoms with van der Waals surface area (Å²) in [4.78, 5) is 14.2. The van der Waals surface area contributed by atoms with Crippen LogP contribution in [0.3, 0.4) is 0 Å². The Morgan fingerprint density at radius 3 is 2.90 bits per heavy atom. The number of hydrogen-bond donors (Lipinski definition) is 1. The number of hydrogen-bond acceptors (Lipinski definition) is 5. The SMILES string of the molecule is C=CCN1C(=O)/C(=C/c2cc(Cl)c(O)c(OC)c2)SC1=S. The number of amides is 1. The fourth-order valence-corrected chi connectivity index (χ4v) is 3.26. The molecule has 1 aliphatic heterocycles. The van der Waals surface area contributed by atoms with Crippen molar-refractivity contribution in [3.05, 3.63) is 40.3 Å². The average Bonchev–Trinajstić information content (AvgIpc) is 2.70. The molecular formula is C14H12ClNO3S2. The van der Waals surface area contributed by atoms with Crippen molar-refractivity contribution in [3.63, 3.8) is 0 Å². The zero-order valence-electron chi connectivity index (χ0n) is 11.1. The molecule has 110 valence electrons. The van der Waals surface area contributed by atoms with E-state index in [-0.39, 0.29) is 22.4 Å². The van der Waals surface area contributed by atoms with Crippen molar-refractivity contribution in [2.24, 2.45) is 0 Å². The van der Waals surface area contributed by atoms with E-state index in [0.717, 1.165) is 0 Å². The first kappa shape index (κ1) is 15.9. The van der Waals surface area contributed by atoms with Crippen LogP contribution in [0.4, 0.5) is 0 Å². The summed E-state index contributed by atoms with van der Waals surface area (Å²) in [6.07, 6.45) is 3.28. The molecule has 1 N–H and O–H groups in total. The maximum Gasteiger partial charge on any atom is 0.266 e. The normalized spacial score (nSPS) is 16.7. The van der Waals surface area contributed by atoms with Crippen LogP contribution in [0.2, 0.25) is 5.02 Å². The standard InChI is InChI=1S/C14H12ClNO3S2/c1-3-4-16-13(18)11(21-14(16)20)7-8-5-9(15)12(17)10(6-8)19-2/h3,5-7,17H,1,4H2,2H3/b11-7-. The number of carbonyl (C=O) groups is 1. The van der Waals surface area contributed by atoms with Crippen molar-refractivity contribution >= 4 is 51.9 Å². The lowest BCUT2D eigenvalue weighted by atomic mass is 10.2. The van der Waals surface area contributed by atoms with Gasteiger partial charge >= 0.3 is 0 Å². The van der Waals surface area contributed by atoms with Crippen LogP contribution in [0.25, 0.3) is 6.08 Å². The van der Waals surface area contributed by atoms with Crippen molar-refractivity contribution in [3.8, 4) is 11.5 Å². The molecule has 2 rings (SSSR count). The molecule has 7 heteroatoms. The maximum atomic E-state index is 12.2. The Bertz CT molecular complexity index is 658. The zero-order chi connectivity index (χ0) is 15.6. The van der Waals surface area contributed by atoms with Gasteiger partial charge in [0.25, 0.3) is 5.91 Å². The largest absolute Gasteiger partial charge is 0.503 e. The van der Waals surface area contributed by atoms with Crippen LogP contribution >= 0.6 is 35.6 Å². The van der Waals surface area contributed by atoms with Gasteiger partial charge in [0.05, 0.1) is 17.0 Å². The highest BCUT2D eigenvalue weighted by Gasteiger charge is 2.31. The monoisotopic (exact) mass is 341 g/mol. The van der Waals surface area contributed by atoms with Crippen molar-refractivity contribution in [1.82, 2.24) is 4.90 Å². The minimum Gasteiger partial charge on any atom is -0.503 e. The van der Waals surface area contributed by atoms with Gasteiger partial charge < -0.3 is 9.84 Å². The van der Waals surface area contributed by atoms with Crippen LogP contribution < -0.4 is 4.74 Å². The van der Waals surface area contributed by atoms with Crippen LogP contribution in [0.5, 0.6) is 11.5 Å². The second kappa shape index (κ2) is 6.51. The van der Waals surface area contributed by atoms with Gasteiger partial charge in [-0.3, -0.25) is 9.69 Å². The number of phenols is 1. The summed E-state index contributed by atoms with van der Waals surface area (Å²) < 4.78 is 5.52. The van der Waals surface area contributed by atoms with E-state index >= 15 is 0 Å². The number of benzene rings is 1. The van der Waals surface area contributed by atoms with Gasteiger partial charge in [-0.2, -0.15) is 0 Å². The molecule has 0 atom stereocenters. The van der Waals surface area contributed by atoms with Gasteiger partial charge in [0.2, 0.25) is 0 Å². The lowest BCUT2D eigenvalue weighted by Gasteiger charge is -2.10. The lowest BCUT2D eigenvalue weighted by molar-refractivity contribution is -0.121. The minimum atomic E-state index is -0.173. The number of ether oxygens (including phenoxy) is 1. The molecule has 1 saturated heterocycles. The molecule has 0 aliphatic carbocycles. The van der Waals surface area contributed by atoms with E-state index in [1.54, 1.807) is 24.3 Å². The van der Waals surface area contributed by atoms with Crippen LogP contribution in [-0.2, 0) is 4.79 Å². The number of nitrogens with zero attached hydrogens (tertiary/aromatic N) is 1. The smallest absolute Gasteiger partial charge is 0.266 e. The fourth-order valence-electron chi connectivity index (χ4n) is 1.77. The fraction of sp³-hybridized carbons (Fsp3) is 0.143. The van der Waals surface area contributed by atoms with E-state index in [9.17, 15) is 9.90 Å². The van der Waals surface area contributed by atoms with E-state index in [2.05, 4.69) is 6.58 Å². The number of phenolic OH excluding ortho intramolecular Hbond substituents is 1. The highest BCUT2D eigenvalue weighted by molar-refractivity contribution is 8.26. The first-order valence-corrected chi connectivity index (χ1v) is 7.51. The van der Waals surface area contributed by atoms with Crippen LogP contribution in [0.1, 0.15) is 5.56 Å². The summed E-state index contributed by atoms with van der Waals surface area (Å²) in [6, 6.07) is 3.15. The predicted octanol–water partition coefficient (Wildman–Crippen LogP) is 3.44. The summed E-state index contributed by atoms with van der Waals surface area (Å²) in [5.74, 6) is -0.0566. The molecular weight excluding hydrogens is 330 g/mol. The molecule has 1 aromatic rings. The quantitative estimate of drug-likeness (QED) is 0.516. The third-order valence-corrected chi connectivity index (χ3v) is 4.42. The van der Waals surface area contributed by atoms with Crippen LogP contribution in [-0.4, -0.2) is 33.9 Å². The van der Waals surface area contributed by atoms with Gasteiger partial charge in [-0.05, 0) is 23.8 Å². The summed E-state index contributed by atoms with van der Waals surface area (Å²) in [6.45, 7) is 3.98. The third kappa shape index (κ3) is 3.23. The summed E-state index contributed by atoms with van der Waals surface area (Å²) >= 11 is 12.3. The van der Waals surface area contributed by atoms with E-state index in [1.165, 1.54) is 23.8 Å². The lowest BCUT2D eigenvalue weighted by Crippen LogP contribution is -2.27. The Labute approximate surface area is 137 Å². The minimum absolute atomic E-state index is 0.129. The molecule has 1 aromatic carbocycles. The summed E-state index contributed by atoms with van der Waals surface area (Å²) in [7, 11) is 1.43. The summed E-state index contributed by atoms with van der Waals surface area (Å²) in [5.41, 5.74) is 0.647. The number of halogens is 1. The molecule has 0 aromatic heterocycles. The van der Waals surface area contributed by atoms with E-state index in [0.29, 0.717) is 21.3 Å². The molecule has 1 heterocycles. The number of methoxy groups -OCH3 is 1. The topological polar surface area (TPSA) is 49.8 Å². The number of rotatable bonds is 4. The van der Waals surface area contributed by atoms with Crippen molar-refractivity contribution in [2.45, 2.75) is 0 Å². The Morgan fingerprint density at radius 2 is 2.29 bits per heavy atom. The first-order chi connectivity index (χ1) is 9.97. The zero-order valence-corrected chi connectivity index (χ0v) is 13.5. The number of carbonyl (C=O) groups excluding carboxylic acids is 1. The van der Waals surface area contributed by atoms with Gasteiger partial charge in [0, 0.05) is 6.54 Å². The number of aromatic hydroxyl groups is 1. The van der Waals surface area contributed by atoms with Crippen molar-refractivity contribution in [1.29, 1.82) is 0 Å². The van der Waals surface area contributed by atoms with Gasteiger partial charge in [-0.25, -0.2) is 0 Å². The Morgan fingerprint density at radius 1 is 1.57 bits per heavy atom. The van der Waals surface area contributed by atoms with Crippen molar-refractivity contribution < 1.29 is 14.6 Å². The first-order valence-electron chi connectivity index (χ1n) is 5.90. The molecule has 0 spiro atoms. The van der Waals surface area contributed by atoms with Gasteiger partial charge in [0.15, 0.2) is 11.5 Å². The second-order valence-electron chi connectivity index (χ2n) is 4.13. The number of thioether (sulfide) groups is 1. The second-order valence-corrected chi connectivity index (χ2v) is 6.22. The molecule has 0 radical (unpaired) electrons. The predicted molar refractivity (Wildman–Crippen MR) is 89.7 cm³/mol. The highest BCUT2D eigenvalue weighted by atomic mass is 35.5. The molecule has 0 bridgehead atoms. The van der Waals surface area contributed by atoms with Gasteiger partial charge in [0.1, 0.15) is 4.32 Å². The molecule has 4 nitrogen and oxygen atoms in total. The van der Waals surface area contributed by atoms with Crippen molar-refractivity contribution in [2.75, 3.05) is 13.7 Å². The third-order valence-electron chi connectivity index (χ3n) is 2.75. The van der Waals surface area contributed by atoms with Crippen LogP contribution in [0, 0.1) is 0 Å². The van der Waals surface area contributed by atoms with Crippen LogP contribution in [0.15, 0.2) is 29.7 Å². The van der Waals surface area contributed by atoms with Gasteiger partial charge in [-0.1, -0.05) is 41.7 Å². The van der Waals surface area contributed by atoms with Gasteiger partial charge in [-0.15, -0.1) is 6.58 Å². The maximum absolute atomic E-state index is 12.2. The highest BCUT2D eigenvalue weighted by Crippen LogP contribution is 2.37.